The summed E-state index contributed by atoms with van der Waals surface area (Å²) >= 11 is 1.50. The molecule has 128 valence electrons. The fraction of sp³-hybridized carbons (Fsp3) is 0.412. The van der Waals surface area contributed by atoms with Gasteiger partial charge in [0, 0.05) is 29.5 Å². The largest absolute Gasteiger partial charge is 0.332 e. The monoisotopic (exact) mass is 348 g/mol. The first kappa shape index (κ1) is 16.8. The molecular formula is C17H21FN4OS. The highest BCUT2D eigenvalue weighted by Crippen LogP contribution is 2.37. The summed E-state index contributed by atoms with van der Waals surface area (Å²) in [6, 6.07) is 4.46. The fourth-order valence-corrected chi connectivity index (χ4v) is 4.19. The van der Waals surface area contributed by atoms with Gasteiger partial charge in [-0.3, -0.25) is 4.68 Å². The maximum Gasteiger partial charge on any atom is 0.315 e. The molecule has 1 aromatic carbocycles. The van der Waals surface area contributed by atoms with Gasteiger partial charge in [-0.25, -0.2) is 9.18 Å². The molecule has 1 aromatic heterocycles. The number of nitrogens with one attached hydrogen (secondary N) is 2. The Morgan fingerprint density at radius 3 is 3.00 bits per heavy atom. The van der Waals surface area contributed by atoms with E-state index < -0.39 is 0 Å². The number of hydrogen-bond acceptors (Lipinski definition) is 3. The quantitative estimate of drug-likeness (QED) is 0.893. The predicted molar refractivity (Wildman–Crippen MR) is 92.5 cm³/mol. The molecule has 2 unspecified atom stereocenters. The number of amides is 2. The number of nitrogens with zero attached hydrogens (tertiary/aromatic N) is 2. The Morgan fingerprint density at radius 1 is 1.50 bits per heavy atom. The van der Waals surface area contributed by atoms with Crippen LogP contribution in [0.5, 0.6) is 0 Å². The van der Waals surface area contributed by atoms with E-state index in [0.29, 0.717) is 4.90 Å². The first-order chi connectivity index (χ1) is 11.5. The van der Waals surface area contributed by atoms with Crippen LogP contribution in [0.1, 0.15) is 42.2 Å². The van der Waals surface area contributed by atoms with Crippen molar-refractivity contribution in [2.75, 3.05) is 5.75 Å². The maximum absolute atomic E-state index is 13.9. The van der Waals surface area contributed by atoms with Crippen molar-refractivity contribution in [2.45, 2.75) is 37.2 Å². The molecule has 2 heterocycles. The molecule has 0 radical (unpaired) electrons. The number of halogens is 1. The van der Waals surface area contributed by atoms with Gasteiger partial charge in [0.15, 0.2) is 0 Å². The Labute approximate surface area is 145 Å². The van der Waals surface area contributed by atoms with E-state index in [9.17, 15) is 9.18 Å². The van der Waals surface area contributed by atoms with Crippen LogP contribution in [0.2, 0.25) is 0 Å². The van der Waals surface area contributed by atoms with Crippen LogP contribution in [0, 0.1) is 12.7 Å². The number of carbonyl (C=O) groups is 1. The minimum atomic E-state index is -0.252. The smallest absolute Gasteiger partial charge is 0.315 e. The molecule has 2 amide bonds. The van der Waals surface area contributed by atoms with E-state index in [1.807, 2.05) is 33.2 Å². The molecule has 3 rings (SSSR count). The van der Waals surface area contributed by atoms with Crippen molar-refractivity contribution in [3.05, 3.63) is 47.0 Å². The zero-order valence-electron chi connectivity index (χ0n) is 14.0. The molecule has 2 N–H and O–H groups in total. The molecule has 1 aliphatic rings. The van der Waals surface area contributed by atoms with Crippen molar-refractivity contribution in [1.82, 2.24) is 20.4 Å². The lowest BCUT2D eigenvalue weighted by Gasteiger charge is -2.27. The van der Waals surface area contributed by atoms with Crippen LogP contribution in [0.25, 0.3) is 0 Å². The summed E-state index contributed by atoms with van der Waals surface area (Å²) in [5.41, 5.74) is 2.73. The van der Waals surface area contributed by atoms with Crippen molar-refractivity contribution < 1.29 is 9.18 Å². The Bertz CT molecular complexity index is 761. The number of aryl methyl sites for hydroxylation is 2. The highest BCUT2D eigenvalue weighted by atomic mass is 32.2. The minimum Gasteiger partial charge on any atom is -0.332 e. The zero-order chi connectivity index (χ0) is 17.3. The van der Waals surface area contributed by atoms with E-state index in [1.54, 1.807) is 10.7 Å². The average Bonchev–Trinajstić information content (AvgIpc) is 2.87. The van der Waals surface area contributed by atoms with E-state index in [4.69, 9.17) is 0 Å². The van der Waals surface area contributed by atoms with Gasteiger partial charge >= 0.3 is 6.03 Å². The Balaban J connectivity index is 1.68. The highest BCUT2D eigenvalue weighted by Gasteiger charge is 2.25. The minimum absolute atomic E-state index is 0.149. The van der Waals surface area contributed by atoms with Gasteiger partial charge in [-0.05, 0) is 31.9 Å². The summed E-state index contributed by atoms with van der Waals surface area (Å²) in [6.45, 7) is 3.84. The van der Waals surface area contributed by atoms with Gasteiger partial charge in [0.1, 0.15) is 5.82 Å². The van der Waals surface area contributed by atoms with Gasteiger partial charge in [-0.2, -0.15) is 5.10 Å². The second-order valence-corrected chi connectivity index (χ2v) is 7.14. The standard InChI is InChI=1S/C17H21FN4OS/c1-10(13-9-22(3)21-11(13)2)19-17(23)20-15-7-8-24-16-12(15)5-4-6-14(16)18/h4-6,9-10,15H,7-8H2,1-3H3,(H2,19,20,23). The van der Waals surface area contributed by atoms with E-state index in [1.165, 1.54) is 17.8 Å². The molecule has 1 aliphatic heterocycles. The predicted octanol–water partition coefficient (Wildman–Crippen LogP) is 3.46. The molecule has 2 aromatic rings. The Morgan fingerprint density at radius 2 is 2.29 bits per heavy atom. The number of fused-ring (bicyclic) bond motifs is 1. The first-order valence-corrected chi connectivity index (χ1v) is 8.92. The summed E-state index contributed by atoms with van der Waals surface area (Å²) in [4.78, 5) is 13.0. The van der Waals surface area contributed by atoms with Crippen LogP contribution >= 0.6 is 11.8 Å². The molecular weight excluding hydrogens is 327 g/mol. The van der Waals surface area contributed by atoms with Crippen molar-refractivity contribution in [3.63, 3.8) is 0 Å². The molecule has 24 heavy (non-hydrogen) atoms. The number of hydrogen-bond donors (Lipinski definition) is 2. The van der Waals surface area contributed by atoms with Gasteiger partial charge in [-0.1, -0.05) is 12.1 Å². The maximum atomic E-state index is 13.9. The second-order valence-electron chi connectivity index (χ2n) is 6.03. The lowest BCUT2D eigenvalue weighted by Crippen LogP contribution is -2.40. The molecule has 2 atom stereocenters. The lowest BCUT2D eigenvalue weighted by atomic mass is 10.0. The van der Waals surface area contributed by atoms with Crippen LogP contribution in [0.15, 0.2) is 29.3 Å². The summed E-state index contributed by atoms with van der Waals surface area (Å²) < 4.78 is 15.6. The van der Waals surface area contributed by atoms with Gasteiger partial charge < -0.3 is 10.6 Å². The third-order valence-corrected chi connectivity index (χ3v) is 5.36. The molecule has 0 aliphatic carbocycles. The molecule has 0 saturated carbocycles. The van der Waals surface area contributed by atoms with Crippen molar-refractivity contribution >= 4 is 17.8 Å². The molecule has 0 fully saturated rings. The van der Waals surface area contributed by atoms with Gasteiger partial charge in [0.25, 0.3) is 0 Å². The number of aromatic nitrogens is 2. The van der Waals surface area contributed by atoms with Gasteiger partial charge in [-0.15, -0.1) is 11.8 Å². The molecule has 0 bridgehead atoms. The Kier molecular flexibility index (Phi) is 4.80. The van der Waals surface area contributed by atoms with Crippen molar-refractivity contribution in [2.24, 2.45) is 7.05 Å². The fourth-order valence-electron chi connectivity index (χ4n) is 3.05. The third kappa shape index (κ3) is 3.40. The topological polar surface area (TPSA) is 59.0 Å². The van der Waals surface area contributed by atoms with Gasteiger partial charge in [0.2, 0.25) is 0 Å². The second kappa shape index (κ2) is 6.84. The summed E-state index contributed by atoms with van der Waals surface area (Å²) in [6.07, 6.45) is 2.69. The summed E-state index contributed by atoms with van der Waals surface area (Å²) in [7, 11) is 1.86. The van der Waals surface area contributed by atoms with Crippen LogP contribution in [0.3, 0.4) is 0 Å². The number of rotatable bonds is 3. The summed E-state index contributed by atoms with van der Waals surface area (Å²) in [5, 5.41) is 10.2. The number of carbonyl (C=O) groups excluding carboxylic acids is 1. The van der Waals surface area contributed by atoms with Crippen LogP contribution in [-0.2, 0) is 7.05 Å². The van der Waals surface area contributed by atoms with E-state index >= 15 is 0 Å². The zero-order valence-corrected chi connectivity index (χ0v) is 14.8. The number of thioether (sulfide) groups is 1. The van der Waals surface area contributed by atoms with Gasteiger partial charge in [0.05, 0.1) is 17.8 Å². The number of urea groups is 1. The lowest BCUT2D eigenvalue weighted by molar-refractivity contribution is 0.233. The van der Waals surface area contributed by atoms with Crippen LogP contribution < -0.4 is 10.6 Å². The summed E-state index contributed by atoms with van der Waals surface area (Å²) in [5.74, 6) is 0.569. The van der Waals surface area contributed by atoms with Crippen LogP contribution in [-0.4, -0.2) is 21.6 Å². The molecule has 5 nitrogen and oxygen atoms in total. The first-order valence-electron chi connectivity index (χ1n) is 7.94. The highest BCUT2D eigenvalue weighted by molar-refractivity contribution is 7.99. The van der Waals surface area contributed by atoms with E-state index in [0.717, 1.165) is 29.0 Å². The molecule has 0 spiro atoms. The van der Waals surface area contributed by atoms with Crippen molar-refractivity contribution in [1.29, 1.82) is 0 Å². The molecule has 7 heteroatoms. The molecule has 0 saturated heterocycles. The van der Waals surface area contributed by atoms with E-state index in [2.05, 4.69) is 15.7 Å². The number of benzene rings is 1. The average molecular weight is 348 g/mol. The third-order valence-electron chi connectivity index (χ3n) is 4.20. The van der Waals surface area contributed by atoms with E-state index in [-0.39, 0.29) is 23.9 Å². The Hall–Kier alpha value is -2.02. The normalized spacial score (nSPS) is 17.9. The van der Waals surface area contributed by atoms with Crippen LogP contribution in [0.4, 0.5) is 9.18 Å². The van der Waals surface area contributed by atoms with Crippen molar-refractivity contribution in [3.8, 4) is 0 Å². The SMILES string of the molecule is Cc1nn(C)cc1C(C)NC(=O)NC1CCSc2c(F)cccc21.